The van der Waals surface area contributed by atoms with Crippen molar-refractivity contribution in [1.82, 2.24) is 5.53 Å². The molecule has 0 saturated carbocycles. The normalized spacial score (nSPS) is 11.8. The van der Waals surface area contributed by atoms with Crippen LogP contribution in [0.15, 0.2) is 29.4 Å². The zero-order valence-corrected chi connectivity index (χ0v) is 7.64. The summed E-state index contributed by atoms with van der Waals surface area (Å²) in [5.41, 5.74) is 9.51. The van der Waals surface area contributed by atoms with Crippen molar-refractivity contribution in [3.8, 4) is 0 Å². The van der Waals surface area contributed by atoms with Crippen molar-refractivity contribution in [1.29, 1.82) is 0 Å². The number of hydrogen-bond acceptors (Lipinski definition) is 3. The Morgan fingerprint density at radius 2 is 2.07 bits per heavy atom. The number of carboxylic acids is 1. The summed E-state index contributed by atoms with van der Waals surface area (Å²) in [7, 11) is 0. The van der Waals surface area contributed by atoms with Gasteiger partial charge in [-0.3, -0.25) is 4.79 Å². The van der Waals surface area contributed by atoms with Gasteiger partial charge in [-0.1, -0.05) is 0 Å². The van der Waals surface area contributed by atoms with Crippen LogP contribution in [0.4, 0.5) is 11.4 Å². The summed E-state index contributed by atoms with van der Waals surface area (Å²) >= 11 is 0. The molecule has 14 heavy (non-hydrogen) atoms. The van der Waals surface area contributed by atoms with E-state index in [0.717, 1.165) is 0 Å². The minimum atomic E-state index is -0.916. The number of aliphatic carboxylic acids is 1. The fourth-order valence-electron chi connectivity index (χ4n) is 0.936. The van der Waals surface area contributed by atoms with Gasteiger partial charge in [0.25, 0.3) is 0 Å². The maximum atomic E-state index is 10.5. The van der Waals surface area contributed by atoms with Crippen molar-refractivity contribution < 1.29 is 9.90 Å². The highest BCUT2D eigenvalue weighted by molar-refractivity contribution is 5.76. The fraction of sp³-hybridized carbons (Fsp3) is 0.222. The second kappa shape index (κ2) is 4.36. The summed E-state index contributed by atoms with van der Waals surface area (Å²) in [6.07, 6.45) is 0. The Labute approximate surface area is 81.3 Å². The van der Waals surface area contributed by atoms with E-state index in [1.54, 1.807) is 31.2 Å². The highest BCUT2D eigenvalue weighted by Gasteiger charge is 2.09. The summed E-state index contributed by atoms with van der Waals surface area (Å²) in [6, 6.07) is 5.81. The zero-order valence-electron chi connectivity index (χ0n) is 7.64. The van der Waals surface area contributed by atoms with E-state index in [9.17, 15) is 4.79 Å². The summed E-state index contributed by atoms with van der Waals surface area (Å²) in [4.78, 5) is 10.5. The van der Waals surface area contributed by atoms with Crippen LogP contribution >= 0.6 is 0 Å². The first kappa shape index (κ1) is 10.2. The molecule has 0 aliphatic rings. The molecule has 1 atom stereocenters. The summed E-state index contributed by atoms with van der Waals surface area (Å²) < 4.78 is 0. The third kappa shape index (κ3) is 2.55. The molecule has 5 heteroatoms. The minimum absolute atomic E-state index is 0.429. The van der Waals surface area contributed by atoms with Gasteiger partial charge in [0.1, 0.15) is 6.04 Å². The standard InChI is InChI=1S/C9H10N3O2/c1-6(9(13)14)11-7-2-4-8(12-10)5-3-7/h2-6,11H,1H3,(H,13,14). The van der Waals surface area contributed by atoms with Crippen LogP contribution in [0.25, 0.3) is 0 Å². The first-order valence-corrected chi connectivity index (χ1v) is 4.08. The van der Waals surface area contributed by atoms with Crippen molar-refractivity contribution >= 4 is 17.3 Å². The topological polar surface area (TPSA) is 84.0 Å². The van der Waals surface area contributed by atoms with Gasteiger partial charge in [0.2, 0.25) is 0 Å². The van der Waals surface area contributed by atoms with Crippen LogP contribution in [0.2, 0.25) is 0 Å². The second-order valence-electron chi connectivity index (χ2n) is 2.85. The van der Waals surface area contributed by atoms with Gasteiger partial charge in [0.15, 0.2) is 0 Å². The summed E-state index contributed by atoms with van der Waals surface area (Å²) in [6.45, 7) is 1.55. The molecule has 1 unspecified atom stereocenters. The molecule has 0 aliphatic heterocycles. The van der Waals surface area contributed by atoms with Gasteiger partial charge in [-0.2, -0.15) is 0 Å². The Hall–Kier alpha value is -1.91. The van der Waals surface area contributed by atoms with Crippen LogP contribution in [0.1, 0.15) is 6.92 Å². The summed E-state index contributed by atoms with van der Waals surface area (Å²) in [5, 5.41) is 14.4. The van der Waals surface area contributed by atoms with E-state index in [-0.39, 0.29) is 0 Å². The first-order valence-electron chi connectivity index (χ1n) is 4.08. The van der Waals surface area contributed by atoms with Gasteiger partial charge in [-0.15, -0.1) is 5.11 Å². The van der Waals surface area contributed by atoms with E-state index in [1.165, 1.54) is 0 Å². The monoisotopic (exact) mass is 192 g/mol. The predicted molar refractivity (Wildman–Crippen MR) is 51.4 cm³/mol. The number of nitrogens with one attached hydrogen (secondary N) is 1. The molecule has 0 aliphatic carbocycles. The van der Waals surface area contributed by atoms with Crippen LogP contribution in [0.3, 0.4) is 0 Å². The van der Waals surface area contributed by atoms with Gasteiger partial charge in [-0.25, -0.2) is 0 Å². The number of carbonyl (C=O) groups is 1. The fourth-order valence-corrected chi connectivity index (χ4v) is 0.936. The highest BCUT2D eigenvalue weighted by Crippen LogP contribution is 2.15. The number of rotatable bonds is 4. The third-order valence-corrected chi connectivity index (χ3v) is 1.74. The molecule has 0 spiro atoms. The molecule has 73 valence electrons. The van der Waals surface area contributed by atoms with Crippen molar-refractivity contribution in [3.63, 3.8) is 0 Å². The molecule has 0 bridgehead atoms. The van der Waals surface area contributed by atoms with E-state index >= 15 is 0 Å². The number of carboxylic acid groups (broad SMARTS) is 1. The Morgan fingerprint density at radius 1 is 1.50 bits per heavy atom. The quantitative estimate of drug-likeness (QED) is 0.708. The average molecular weight is 192 g/mol. The van der Waals surface area contributed by atoms with Crippen molar-refractivity contribution in [2.45, 2.75) is 13.0 Å². The Balaban J connectivity index is 2.68. The maximum Gasteiger partial charge on any atom is 0.325 e. The van der Waals surface area contributed by atoms with Crippen molar-refractivity contribution in [2.24, 2.45) is 5.11 Å². The molecular weight excluding hydrogens is 182 g/mol. The molecule has 1 aromatic carbocycles. The largest absolute Gasteiger partial charge is 0.480 e. The molecule has 1 rings (SSSR count). The smallest absolute Gasteiger partial charge is 0.325 e. The van der Waals surface area contributed by atoms with Crippen LogP contribution in [0.5, 0.6) is 0 Å². The predicted octanol–water partition coefficient (Wildman–Crippen LogP) is 1.46. The molecule has 1 aromatic rings. The molecule has 5 nitrogen and oxygen atoms in total. The molecule has 2 N–H and O–H groups in total. The third-order valence-electron chi connectivity index (χ3n) is 1.74. The second-order valence-corrected chi connectivity index (χ2v) is 2.85. The van der Waals surface area contributed by atoms with Gasteiger partial charge in [-0.05, 0) is 36.7 Å². The molecule has 0 aromatic heterocycles. The van der Waals surface area contributed by atoms with E-state index in [0.29, 0.717) is 11.4 Å². The van der Waals surface area contributed by atoms with Gasteiger partial charge < -0.3 is 10.4 Å². The molecule has 0 fully saturated rings. The molecular formula is C9H10N3O2. The lowest BCUT2D eigenvalue weighted by Gasteiger charge is -2.10. The first-order chi connectivity index (χ1) is 6.63. The highest BCUT2D eigenvalue weighted by atomic mass is 16.4. The van der Waals surface area contributed by atoms with E-state index < -0.39 is 12.0 Å². The maximum absolute atomic E-state index is 10.5. The Morgan fingerprint density at radius 3 is 2.50 bits per heavy atom. The van der Waals surface area contributed by atoms with Crippen LogP contribution in [0, 0.1) is 0 Å². The van der Waals surface area contributed by atoms with Crippen molar-refractivity contribution in [2.75, 3.05) is 5.32 Å². The van der Waals surface area contributed by atoms with Gasteiger partial charge in [0, 0.05) is 5.69 Å². The van der Waals surface area contributed by atoms with Crippen molar-refractivity contribution in [3.05, 3.63) is 24.3 Å². The lowest BCUT2D eigenvalue weighted by Crippen LogP contribution is -2.25. The Bertz CT molecular complexity index is 334. The molecule has 1 radical (unpaired) electrons. The number of hydrogen-bond donors (Lipinski definition) is 2. The SMILES string of the molecule is CC(Nc1ccc(N=[N])cc1)C(=O)O. The van der Waals surface area contributed by atoms with E-state index in [1.807, 2.05) is 0 Å². The number of nitrogens with zero attached hydrogens (tertiary/aromatic N) is 2. The average Bonchev–Trinajstić information content (AvgIpc) is 2.19. The molecule has 0 amide bonds. The van der Waals surface area contributed by atoms with E-state index in [2.05, 4.69) is 10.4 Å². The Kier molecular flexibility index (Phi) is 3.17. The van der Waals surface area contributed by atoms with Crippen LogP contribution in [-0.4, -0.2) is 17.1 Å². The lowest BCUT2D eigenvalue weighted by atomic mass is 10.2. The lowest BCUT2D eigenvalue weighted by molar-refractivity contribution is -0.137. The summed E-state index contributed by atoms with van der Waals surface area (Å²) in [5.74, 6) is -0.916. The molecule has 0 saturated heterocycles. The molecule has 0 heterocycles. The minimum Gasteiger partial charge on any atom is -0.480 e. The van der Waals surface area contributed by atoms with Crippen LogP contribution < -0.4 is 10.8 Å². The number of benzene rings is 1. The van der Waals surface area contributed by atoms with E-state index in [4.69, 9.17) is 10.6 Å². The number of anilines is 1. The van der Waals surface area contributed by atoms with Crippen LogP contribution in [-0.2, 0) is 4.79 Å². The van der Waals surface area contributed by atoms with Gasteiger partial charge >= 0.3 is 5.97 Å². The van der Waals surface area contributed by atoms with Gasteiger partial charge in [0.05, 0.1) is 5.69 Å². The zero-order chi connectivity index (χ0) is 10.6.